The highest BCUT2D eigenvalue weighted by molar-refractivity contribution is 7.91. The molecule has 1 amide bonds. The Kier molecular flexibility index (Phi) is 4.46. The van der Waals surface area contributed by atoms with Crippen molar-refractivity contribution in [3.05, 3.63) is 17.5 Å². The maximum Gasteiger partial charge on any atom is 0.422 e. The summed E-state index contributed by atoms with van der Waals surface area (Å²) in [5, 5.41) is -0.124. The van der Waals surface area contributed by atoms with Gasteiger partial charge in [-0.1, -0.05) is 0 Å². The predicted molar refractivity (Wildman–Crippen MR) is 59.7 cm³/mol. The minimum atomic E-state index is -4.10. The Morgan fingerprint density at radius 3 is 2.88 bits per heavy atom. The Balaban J connectivity index is 2.70. The third kappa shape index (κ3) is 4.83. The van der Waals surface area contributed by atoms with Crippen LogP contribution in [0.1, 0.15) is 6.92 Å². The van der Waals surface area contributed by atoms with E-state index >= 15 is 0 Å². The zero-order chi connectivity index (χ0) is 12.9. The highest BCUT2D eigenvalue weighted by atomic mass is 35.5. The highest BCUT2D eigenvalue weighted by Crippen LogP contribution is 2.06. The number of halogens is 1. The van der Waals surface area contributed by atoms with Crippen molar-refractivity contribution < 1.29 is 17.9 Å². The molecule has 2 N–H and O–H groups in total. The summed E-state index contributed by atoms with van der Waals surface area (Å²) in [6, 6.07) is 1.27. The third-order valence-electron chi connectivity index (χ3n) is 1.36. The van der Waals surface area contributed by atoms with Crippen molar-refractivity contribution in [2.75, 3.05) is 11.3 Å². The first-order chi connectivity index (χ1) is 7.93. The standard InChI is InChI=1S/C7H9ClN4O4S/c1-2-16-7(13)12-17(14,15)11-5-3-4-9-6(8)10-5/h3-4H,2H2,1H3,(H,12,13)(H,9,10,11). The lowest BCUT2D eigenvalue weighted by Gasteiger charge is -2.08. The molecule has 0 aliphatic carbocycles. The number of ether oxygens (including phenoxy) is 1. The molecule has 0 bridgehead atoms. The van der Waals surface area contributed by atoms with Crippen molar-refractivity contribution >= 4 is 33.7 Å². The summed E-state index contributed by atoms with van der Waals surface area (Å²) in [4.78, 5) is 18.1. The summed E-state index contributed by atoms with van der Waals surface area (Å²) in [6.07, 6.45) is 0.178. The zero-order valence-electron chi connectivity index (χ0n) is 8.68. The van der Waals surface area contributed by atoms with Crippen molar-refractivity contribution in [2.45, 2.75) is 6.92 Å². The average Bonchev–Trinajstić information content (AvgIpc) is 2.15. The molecule has 1 rings (SSSR count). The summed E-state index contributed by atoms with van der Waals surface area (Å²) in [5.41, 5.74) is 0. The van der Waals surface area contributed by atoms with Gasteiger partial charge in [-0.2, -0.15) is 13.4 Å². The first-order valence-electron chi connectivity index (χ1n) is 4.39. The minimum absolute atomic E-state index is 0.0562. The molecule has 0 aliphatic heterocycles. The Bertz CT molecular complexity index is 506. The molecule has 8 nitrogen and oxygen atoms in total. The second-order valence-corrected chi connectivity index (χ2v) is 4.39. The first kappa shape index (κ1) is 13.5. The van der Waals surface area contributed by atoms with Gasteiger partial charge in [-0.3, -0.25) is 0 Å². The lowest BCUT2D eigenvalue weighted by atomic mass is 10.6. The number of carbonyl (C=O) groups excluding carboxylic acids is 1. The molecule has 0 aliphatic rings. The highest BCUT2D eigenvalue weighted by Gasteiger charge is 2.15. The zero-order valence-corrected chi connectivity index (χ0v) is 10.2. The average molecular weight is 281 g/mol. The molecule has 0 aromatic carbocycles. The monoisotopic (exact) mass is 280 g/mol. The fourth-order valence-electron chi connectivity index (χ4n) is 0.825. The van der Waals surface area contributed by atoms with Crippen LogP contribution in [0.15, 0.2) is 12.3 Å². The van der Waals surface area contributed by atoms with Gasteiger partial charge in [-0.15, -0.1) is 0 Å². The van der Waals surface area contributed by atoms with Gasteiger partial charge in [0, 0.05) is 6.20 Å². The molecule has 10 heteroatoms. The fourth-order valence-corrected chi connectivity index (χ4v) is 1.69. The number of rotatable bonds is 4. The van der Waals surface area contributed by atoms with Crippen LogP contribution in [0.25, 0.3) is 0 Å². The van der Waals surface area contributed by atoms with Crippen LogP contribution >= 0.6 is 11.6 Å². The molecular formula is C7H9ClN4O4S. The number of anilines is 1. The largest absolute Gasteiger partial charge is 0.449 e. The van der Waals surface area contributed by atoms with E-state index in [1.165, 1.54) is 12.3 Å². The molecule has 94 valence electrons. The van der Waals surface area contributed by atoms with Gasteiger partial charge in [0.2, 0.25) is 5.28 Å². The summed E-state index contributed by atoms with van der Waals surface area (Å²) < 4.78 is 30.7. The van der Waals surface area contributed by atoms with E-state index < -0.39 is 16.3 Å². The second-order valence-electron chi connectivity index (χ2n) is 2.64. The van der Waals surface area contributed by atoms with Gasteiger partial charge in [0.05, 0.1) is 6.61 Å². The van der Waals surface area contributed by atoms with Crippen LogP contribution in [0.3, 0.4) is 0 Å². The molecular weight excluding hydrogens is 272 g/mol. The van der Waals surface area contributed by atoms with E-state index in [1.807, 2.05) is 4.72 Å². The van der Waals surface area contributed by atoms with Crippen LogP contribution in [0.2, 0.25) is 5.28 Å². The van der Waals surface area contributed by atoms with Gasteiger partial charge in [-0.05, 0) is 24.6 Å². The van der Waals surface area contributed by atoms with Gasteiger partial charge < -0.3 is 4.74 Å². The minimum Gasteiger partial charge on any atom is -0.449 e. The van der Waals surface area contributed by atoms with E-state index in [4.69, 9.17) is 11.6 Å². The molecule has 0 spiro atoms. The van der Waals surface area contributed by atoms with E-state index in [-0.39, 0.29) is 17.7 Å². The van der Waals surface area contributed by atoms with Crippen molar-refractivity contribution in [3.63, 3.8) is 0 Å². The number of hydrogen-bond acceptors (Lipinski definition) is 6. The summed E-state index contributed by atoms with van der Waals surface area (Å²) >= 11 is 5.46. The maximum atomic E-state index is 11.4. The van der Waals surface area contributed by atoms with Crippen molar-refractivity contribution in [2.24, 2.45) is 0 Å². The molecule has 1 aromatic rings. The summed E-state index contributed by atoms with van der Waals surface area (Å²) in [7, 11) is -4.10. The normalized spacial score (nSPS) is 10.7. The number of amides is 1. The molecule has 0 unspecified atom stereocenters. The Labute approximate surface area is 103 Å². The Hall–Kier alpha value is -1.61. The van der Waals surface area contributed by atoms with E-state index in [2.05, 4.69) is 14.7 Å². The molecule has 1 heterocycles. The topological polar surface area (TPSA) is 110 Å². The van der Waals surface area contributed by atoms with Gasteiger partial charge in [-0.25, -0.2) is 19.2 Å². The van der Waals surface area contributed by atoms with Crippen LogP contribution < -0.4 is 9.44 Å². The van der Waals surface area contributed by atoms with E-state index in [0.717, 1.165) is 0 Å². The van der Waals surface area contributed by atoms with Crippen molar-refractivity contribution in [1.82, 2.24) is 14.7 Å². The molecule has 0 saturated carbocycles. The van der Waals surface area contributed by atoms with Crippen LogP contribution in [-0.2, 0) is 14.9 Å². The van der Waals surface area contributed by atoms with Crippen molar-refractivity contribution in [3.8, 4) is 0 Å². The lowest BCUT2D eigenvalue weighted by Crippen LogP contribution is -2.35. The second kappa shape index (κ2) is 5.64. The number of carbonyl (C=O) groups is 1. The lowest BCUT2D eigenvalue weighted by molar-refractivity contribution is 0.159. The Morgan fingerprint density at radius 2 is 2.29 bits per heavy atom. The molecule has 0 saturated heterocycles. The summed E-state index contributed by atoms with van der Waals surface area (Å²) in [6.45, 7) is 1.60. The van der Waals surface area contributed by atoms with Crippen LogP contribution in [0.4, 0.5) is 10.6 Å². The van der Waals surface area contributed by atoms with Crippen molar-refractivity contribution in [1.29, 1.82) is 0 Å². The number of nitrogens with zero attached hydrogens (tertiary/aromatic N) is 2. The SMILES string of the molecule is CCOC(=O)NS(=O)(=O)Nc1ccnc(Cl)n1. The van der Waals surface area contributed by atoms with E-state index in [9.17, 15) is 13.2 Å². The van der Waals surface area contributed by atoms with Gasteiger partial charge in [0.1, 0.15) is 5.82 Å². The van der Waals surface area contributed by atoms with Gasteiger partial charge >= 0.3 is 16.3 Å². The number of aromatic nitrogens is 2. The van der Waals surface area contributed by atoms with Gasteiger partial charge in [0.25, 0.3) is 0 Å². The fraction of sp³-hybridized carbons (Fsp3) is 0.286. The van der Waals surface area contributed by atoms with Gasteiger partial charge in [0.15, 0.2) is 0 Å². The molecule has 0 atom stereocenters. The maximum absolute atomic E-state index is 11.4. The molecule has 1 aromatic heterocycles. The number of nitrogens with one attached hydrogen (secondary N) is 2. The van der Waals surface area contributed by atoms with Crippen LogP contribution in [-0.4, -0.2) is 31.1 Å². The molecule has 17 heavy (non-hydrogen) atoms. The smallest absolute Gasteiger partial charge is 0.422 e. The Morgan fingerprint density at radius 1 is 1.59 bits per heavy atom. The predicted octanol–water partition coefficient (Wildman–Crippen LogP) is 0.533. The van der Waals surface area contributed by atoms with Crippen LogP contribution in [0.5, 0.6) is 0 Å². The quantitative estimate of drug-likeness (QED) is 0.779. The molecule has 0 fully saturated rings. The third-order valence-corrected chi connectivity index (χ3v) is 2.45. The first-order valence-corrected chi connectivity index (χ1v) is 6.25. The van der Waals surface area contributed by atoms with Crippen LogP contribution in [0, 0.1) is 0 Å². The van der Waals surface area contributed by atoms with E-state index in [0.29, 0.717) is 0 Å². The van der Waals surface area contributed by atoms with E-state index in [1.54, 1.807) is 11.6 Å². The molecule has 0 radical (unpaired) electrons. The number of hydrogen-bond donors (Lipinski definition) is 2. The summed E-state index contributed by atoms with van der Waals surface area (Å²) in [5.74, 6) is -0.0678.